The minimum absolute atomic E-state index is 0.148. The van der Waals surface area contributed by atoms with Crippen molar-refractivity contribution < 1.29 is 19.1 Å². The molecule has 0 unspecified atom stereocenters. The van der Waals surface area contributed by atoms with Crippen molar-refractivity contribution >= 4 is 17.9 Å². The van der Waals surface area contributed by atoms with E-state index in [1.807, 2.05) is 49.9 Å². The van der Waals surface area contributed by atoms with Gasteiger partial charge in [-0.25, -0.2) is 19.7 Å². The molecule has 3 heterocycles. The number of ether oxygens (including phenoxy) is 2. The highest BCUT2D eigenvalue weighted by Gasteiger charge is 2.28. The van der Waals surface area contributed by atoms with Crippen LogP contribution < -0.4 is 10.5 Å². The summed E-state index contributed by atoms with van der Waals surface area (Å²) in [5.74, 6) is 0.539. The first-order chi connectivity index (χ1) is 18.6. The molecule has 4 rings (SSSR count). The first kappa shape index (κ1) is 27.7. The maximum Gasteiger partial charge on any atom is 0.410 e. The number of esters is 1. The molecule has 1 fully saturated rings. The molecule has 0 saturated carbocycles. The second kappa shape index (κ2) is 12.1. The number of nitrogens with zero attached hydrogens (tertiary/aromatic N) is 6. The maximum atomic E-state index is 13.7. The molecule has 3 aromatic rings. The third kappa shape index (κ3) is 7.18. The van der Waals surface area contributed by atoms with Crippen molar-refractivity contribution in [3.8, 4) is 17.1 Å². The lowest BCUT2D eigenvalue weighted by Gasteiger charge is -2.36. The molecule has 0 spiro atoms. The fraction of sp³-hybridized carbons (Fsp3) is 0.429. The summed E-state index contributed by atoms with van der Waals surface area (Å²) >= 11 is 0. The van der Waals surface area contributed by atoms with Crippen LogP contribution in [-0.2, 0) is 20.7 Å². The van der Waals surface area contributed by atoms with Crippen LogP contribution in [-0.4, -0.2) is 74.9 Å². The van der Waals surface area contributed by atoms with E-state index in [1.54, 1.807) is 41.0 Å². The molecule has 2 aromatic heterocycles. The lowest BCUT2D eigenvalue weighted by Crippen LogP contribution is -2.51. The van der Waals surface area contributed by atoms with Gasteiger partial charge in [-0.1, -0.05) is 0 Å². The molecule has 0 N–H and O–H groups in total. The number of amides is 1. The summed E-state index contributed by atoms with van der Waals surface area (Å²) in [5.41, 5.74) is 1.18. The van der Waals surface area contributed by atoms with Crippen molar-refractivity contribution in [2.24, 2.45) is 0 Å². The number of aryl methyl sites for hydroxylation is 1. The topological polar surface area (TPSA) is 120 Å². The minimum atomic E-state index is -0.584. The predicted molar refractivity (Wildman–Crippen MR) is 146 cm³/mol. The number of benzene rings is 1. The standard InChI is InChI=1S/C28H34N6O5/c1-5-38-23(35)12-9-21-19-34(22-10-7-20(8-11-22)24-29-13-6-14-30-24)26(36)25(31-21)32-15-17-33(18-16-32)27(37)39-28(2,3)4/h6-8,10-11,13-14,19H,5,9,12,15-18H2,1-4H3. The Morgan fingerprint density at radius 2 is 1.67 bits per heavy atom. The zero-order valence-corrected chi connectivity index (χ0v) is 22.8. The van der Waals surface area contributed by atoms with Gasteiger partial charge in [0.25, 0.3) is 5.56 Å². The lowest BCUT2D eigenvalue weighted by atomic mass is 10.2. The Morgan fingerprint density at radius 1 is 1.00 bits per heavy atom. The SMILES string of the molecule is CCOC(=O)CCc1cn(-c2ccc(-c3ncccn3)cc2)c(=O)c(N2CCN(C(=O)OC(C)(C)C)CC2)n1. The molecular formula is C28H34N6O5. The number of piperazine rings is 1. The van der Waals surface area contributed by atoms with Crippen LogP contribution in [0.4, 0.5) is 10.6 Å². The largest absolute Gasteiger partial charge is 0.466 e. The summed E-state index contributed by atoms with van der Waals surface area (Å²) in [6, 6.07) is 9.12. The smallest absolute Gasteiger partial charge is 0.410 e. The lowest BCUT2D eigenvalue weighted by molar-refractivity contribution is -0.143. The zero-order chi connectivity index (χ0) is 28.0. The number of anilines is 1. The van der Waals surface area contributed by atoms with Crippen molar-refractivity contribution in [1.82, 2.24) is 24.4 Å². The number of carbonyl (C=O) groups is 2. The Bertz CT molecular complexity index is 1340. The Balaban J connectivity index is 1.61. The third-order valence-corrected chi connectivity index (χ3v) is 6.03. The van der Waals surface area contributed by atoms with Gasteiger partial charge in [-0.3, -0.25) is 14.2 Å². The fourth-order valence-corrected chi connectivity index (χ4v) is 4.16. The van der Waals surface area contributed by atoms with Crippen molar-refractivity contribution in [2.75, 3.05) is 37.7 Å². The normalized spacial score (nSPS) is 13.7. The van der Waals surface area contributed by atoms with E-state index < -0.39 is 5.60 Å². The highest BCUT2D eigenvalue weighted by atomic mass is 16.6. The molecule has 1 aliphatic rings. The first-order valence-corrected chi connectivity index (χ1v) is 13.0. The van der Waals surface area contributed by atoms with E-state index in [0.717, 1.165) is 5.56 Å². The van der Waals surface area contributed by atoms with Gasteiger partial charge in [0.1, 0.15) is 5.60 Å². The van der Waals surface area contributed by atoms with Gasteiger partial charge in [0, 0.05) is 62.4 Å². The number of rotatable bonds is 7. The van der Waals surface area contributed by atoms with E-state index in [-0.39, 0.29) is 29.9 Å². The van der Waals surface area contributed by atoms with Crippen LogP contribution in [0.25, 0.3) is 17.1 Å². The van der Waals surface area contributed by atoms with Crippen molar-refractivity contribution in [1.29, 1.82) is 0 Å². The van der Waals surface area contributed by atoms with Crippen LogP contribution in [0.15, 0.2) is 53.7 Å². The molecule has 11 nitrogen and oxygen atoms in total. The third-order valence-electron chi connectivity index (χ3n) is 6.03. The van der Waals surface area contributed by atoms with E-state index in [4.69, 9.17) is 9.47 Å². The summed E-state index contributed by atoms with van der Waals surface area (Å²) in [7, 11) is 0. The molecule has 11 heteroatoms. The average Bonchev–Trinajstić information content (AvgIpc) is 2.92. The van der Waals surface area contributed by atoms with Gasteiger partial charge in [-0.2, -0.15) is 0 Å². The van der Waals surface area contributed by atoms with Gasteiger partial charge >= 0.3 is 12.1 Å². The maximum absolute atomic E-state index is 13.7. The van der Waals surface area contributed by atoms with E-state index >= 15 is 0 Å². The predicted octanol–water partition coefficient (Wildman–Crippen LogP) is 3.24. The Hall–Kier alpha value is -4.28. The molecule has 1 amide bonds. The van der Waals surface area contributed by atoms with Gasteiger partial charge in [-0.15, -0.1) is 0 Å². The van der Waals surface area contributed by atoms with Crippen LogP contribution in [0.5, 0.6) is 0 Å². The number of carbonyl (C=O) groups excluding carboxylic acids is 2. The first-order valence-electron chi connectivity index (χ1n) is 13.0. The molecule has 206 valence electrons. The van der Waals surface area contributed by atoms with E-state index in [2.05, 4.69) is 15.0 Å². The van der Waals surface area contributed by atoms with Gasteiger partial charge in [-0.05, 0) is 58.0 Å². The highest BCUT2D eigenvalue weighted by Crippen LogP contribution is 2.19. The van der Waals surface area contributed by atoms with Gasteiger partial charge < -0.3 is 19.3 Å². The number of hydrogen-bond donors (Lipinski definition) is 0. The summed E-state index contributed by atoms with van der Waals surface area (Å²) in [6.45, 7) is 9.19. The summed E-state index contributed by atoms with van der Waals surface area (Å²) in [5, 5.41) is 0. The van der Waals surface area contributed by atoms with Crippen molar-refractivity contribution in [2.45, 2.75) is 46.1 Å². The van der Waals surface area contributed by atoms with Crippen LogP contribution in [0.2, 0.25) is 0 Å². The monoisotopic (exact) mass is 534 g/mol. The van der Waals surface area contributed by atoms with E-state index in [9.17, 15) is 14.4 Å². The Labute approximate surface area is 227 Å². The van der Waals surface area contributed by atoms with Gasteiger partial charge in [0.05, 0.1) is 18.7 Å². The molecule has 0 aliphatic carbocycles. The Kier molecular flexibility index (Phi) is 8.58. The quantitative estimate of drug-likeness (QED) is 0.421. The molecule has 0 atom stereocenters. The summed E-state index contributed by atoms with van der Waals surface area (Å²) < 4.78 is 12.1. The fourth-order valence-electron chi connectivity index (χ4n) is 4.16. The minimum Gasteiger partial charge on any atom is -0.466 e. The molecule has 0 radical (unpaired) electrons. The van der Waals surface area contributed by atoms with Crippen LogP contribution in [0.3, 0.4) is 0 Å². The van der Waals surface area contributed by atoms with Crippen molar-refractivity contribution in [3.05, 3.63) is 65.0 Å². The molecule has 1 aromatic carbocycles. The average molecular weight is 535 g/mol. The van der Waals surface area contributed by atoms with Crippen LogP contribution >= 0.6 is 0 Å². The van der Waals surface area contributed by atoms with Gasteiger partial charge in [0.2, 0.25) is 0 Å². The summed E-state index contributed by atoms with van der Waals surface area (Å²) in [6.07, 6.45) is 5.10. The zero-order valence-electron chi connectivity index (χ0n) is 22.8. The molecule has 39 heavy (non-hydrogen) atoms. The Morgan fingerprint density at radius 3 is 2.28 bits per heavy atom. The van der Waals surface area contributed by atoms with E-state index in [0.29, 0.717) is 56.4 Å². The second-order valence-electron chi connectivity index (χ2n) is 10.1. The number of hydrogen-bond acceptors (Lipinski definition) is 9. The molecular weight excluding hydrogens is 500 g/mol. The highest BCUT2D eigenvalue weighted by molar-refractivity contribution is 5.70. The molecule has 1 saturated heterocycles. The summed E-state index contributed by atoms with van der Waals surface area (Å²) in [4.78, 5) is 54.9. The van der Waals surface area contributed by atoms with E-state index in [1.165, 1.54) is 0 Å². The van der Waals surface area contributed by atoms with Crippen LogP contribution in [0, 0.1) is 0 Å². The van der Waals surface area contributed by atoms with Crippen molar-refractivity contribution in [3.63, 3.8) is 0 Å². The molecule has 0 bridgehead atoms. The number of aromatic nitrogens is 4. The molecule has 1 aliphatic heterocycles. The van der Waals surface area contributed by atoms with Crippen LogP contribution in [0.1, 0.15) is 39.8 Å². The second-order valence-corrected chi connectivity index (χ2v) is 10.1. The van der Waals surface area contributed by atoms with Gasteiger partial charge in [0.15, 0.2) is 11.6 Å².